The van der Waals surface area contributed by atoms with Crippen LogP contribution in [-0.2, 0) is 4.74 Å². The lowest BCUT2D eigenvalue weighted by Crippen LogP contribution is -2.15. The van der Waals surface area contributed by atoms with Crippen LogP contribution in [0, 0.1) is 0 Å². The molecule has 2 aromatic rings. The number of carbonyl (C=O) groups is 1. The lowest BCUT2D eigenvalue weighted by atomic mass is 10.1. The van der Waals surface area contributed by atoms with Crippen LogP contribution in [-0.4, -0.2) is 22.8 Å². The number of pyridine rings is 1. The van der Waals surface area contributed by atoms with Crippen LogP contribution >= 0.6 is 0 Å². The number of anilines is 2. The van der Waals surface area contributed by atoms with Gasteiger partial charge in [-0.2, -0.15) is 0 Å². The van der Waals surface area contributed by atoms with E-state index in [1.54, 1.807) is 30.3 Å². The minimum Gasteiger partial charge on any atom is -0.506 e. The topological polar surface area (TPSA) is 122 Å². The highest BCUT2D eigenvalue weighted by atomic mass is 16.5. The Morgan fingerprint density at radius 1 is 0.938 bits per heavy atom. The van der Waals surface area contributed by atoms with Gasteiger partial charge in [0.15, 0.2) is 5.82 Å². The second kappa shape index (κ2) is 14.8. The van der Waals surface area contributed by atoms with Gasteiger partial charge in [-0.1, -0.05) is 76.8 Å². The first-order chi connectivity index (χ1) is 15.6. The van der Waals surface area contributed by atoms with Gasteiger partial charge >= 0.3 is 6.09 Å². The summed E-state index contributed by atoms with van der Waals surface area (Å²) in [5.41, 5.74) is 6.55. The molecule has 0 aliphatic heterocycles. The highest BCUT2D eigenvalue weighted by Gasteiger charge is 2.07. The normalized spacial score (nSPS) is 11.0. The molecule has 4 N–H and O–H groups in total. The number of benzene rings is 1. The predicted molar refractivity (Wildman–Crippen MR) is 128 cm³/mol. The zero-order chi connectivity index (χ0) is 23.0. The van der Waals surface area contributed by atoms with Gasteiger partial charge in [0.25, 0.3) is 0 Å². The van der Waals surface area contributed by atoms with E-state index in [4.69, 9.17) is 10.5 Å². The molecule has 1 heterocycles. The molecule has 1 aromatic carbocycles. The van der Waals surface area contributed by atoms with Crippen molar-refractivity contribution >= 4 is 29.1 Å². The number of aromatic hydroxyl groups is 1. The Bertz CT molecular complexity index is 857. The minimum absolute atomic E-state index is 0.0196. The lowest BCUT2D eigenvalue weighted by Gasteiger charge is -2.07. The largest absolute Gasteiger partial charge is 0.506 e. The molecule has 1 aromatic heterocycles. The number of nitrogens with one attached hydrogen (secondary N) is 1. The molecule has 0 fully saturated rings. The highest BCUT2D eigenvalue weighted by molar-refractivity contribution is 5.84. The molecule has 0 bridgehead atoms. The van der Waals surface area contributed by atoms with Gasteiger partial charge in [0.2, 0.25) is 0 Å². The maximum Gasteiger partial charge on any atom is 0.412 e. The zero-order valence-corrected chi connectivity index (χ0v) is 18.9. The second-order valence-corrected chi connectivity index (χ2v) is 7.73. The van der Waals surface area contributed by atoms with Gasteiger partial charge in [-0.25, -0.2) is 9.78 Å². The number of carbonyl (C=O) groups excluding carboxylic acids is 1. The third-order valence-electron chi connectivity index (χ3n) is 5.01. The smallest absolute Gasteiger partial charge is 0.412 e. The Hall–Kier alpha value is -3.16. The summed E-state index contributed by atoms with van der Waals surface area (Å²) in [5, 5.41) is 20.2. The molecule has 0 atom stereocenters. The van der Waals surface area contributed by atoms with E-state index in [-0.39, 0.29) is 17.4 Å². The van der Waals surface area contributed by atoms with E-state index >= 15 is 0 Å². The summed E-state index contributed by atoms with van der Waals surface area (Å²) < 4.78 is 5.21. The van der Waals surface area contributed by atoms with E-state index in [9.17, 15) is 9.90 Å². The van der Waals surface area contributed by atoms with Gasteiger partial charge < -0.3 is 15.6 Å². The molecule has 0 spiro atoms. The van der Waals surface area contributed by atoms with Crippen molar-refractivity contribution in [3.8, 4) is 5.75 Å². The van der Waals surface area contributed by atoms with Gasteiger partial charge in [0, 0.05) is 0 Å². The fourth-order valence-electron chi connectivity index (χ4n) is 3.17. The first-order valence-electron chi connectivity index (χ1n) is 11.5. The molecular formula is C24H35N5O3. The molecule has 8 heteroatoms. The van der Waals surface area contributed by atoms with Crippen LogP contribution in [0.3, 0.4) is 0 Å². The summed E-state index contributed by atoms with van der Waals surface area (Å²) in [5.74, 6) is 0.403. The standard InChI is InChI=1S/C24H35N5O3/c1-2-3-4-5-6-7-8-9-10-13-18-32-24(31)27-22-17-16-20(23(25)26-22)29-28-19-14-11-12-15-21(19)30/h11-12,14-17,30H,2-10,13,18H2,1H3,(H3,25,26,27,31). The Morgan fingerprint density at radius 3 is 2.22 bits per heavy atom. The number of nitrogens with two attached hydrogens (primary N) is 1. The third-order valence-corrected chi connectivity index (χ3v) is 5.01. The van der Waals surface area contributed by atoms with Crippen molar-refractivity contribution in [1.29, 1.82) is 0 Å². The van der Waals surface area contributed by atoms with Crippen molar-refractivity contribution in [1.82, 2.24) is 4.98 Å². The van der Waals surface area contributed by atoms with Crippen LogP contribution in [0.15, 0.2) is 46.6 Å². The average molecular weight is 442 g/mol. The zero-order valence-electron chi connectivity index (χ0n) is 18.9. The molecule has 0 saturated carbocycles. The molecule has 0 unspecified atom stereocenters. The van der Waals surface area contributed by atoms with E-state index in [2.05, 4.69) is 27.5 Å². The summed E-state index contributed by atoms with van der Waals surface area (Å²) in [4.78, 5) is 16.0. The molecular weight excluding hydrogens is 406 g/mol. The van der Waals surface area contributed by atoms with Crippen LogP contribution in [0.5, 0.6) is 5.75 Å². The van der Waals surface area contributed by atoms with Gasteiger partial charge in [-0.15, -0.1) is 10.2 Å². The summed E-state index contributed by atoms with van der Waals surface area (Å²) in [6, 6.07) is 9.73. The van der Waals surface area contributed by atoms with E-state index < -0.39 is 6.09 Å². The maximum absolute atomic E-state index is 11.9. The molecule has 1 amide bonds. The number of aromatic nitrogens is 1. The third kappa shape index (κ3) is 9.76. The van der Waals surface area contributed by atoms with Crippen LogP contribution in [0.1, 0.15) is 71.1 Å². The first-order valence-corrected chi connectivity index (χ1v) is 11.5. The summed E-state index contributed by atoms with van der Waals surface area (Å²) in [6.45, 7) is 2.61. The summed E-state index contributed by atoms with van der Waals surface area (Å²) in [7, 11) is 0. The fourth-order valence-corrected chi connectivity index (χ4v) is 3.17. The van der Waals surface area contributed by atoms with E-state index in [1.165, 1.54) is 57.4 Å². The van der Waals surface area contributed by atoms with Gasteiger partial charge in [0.05, 0.1) is 6.61 Å². The second-order valence-electron chi connectivity index (χ2n) is 7.73. The Kier molecular flexibility index (Phi) is 11.6. The SMILES string of the molecule is CCCCCCCCCCCCOC(=O)Nc1ccc(N=Nc2ccccc2O)c(N)n1. The summed E-state index contributed by atoms with van der Waals surface area (Å²) >= 11 is 0. The number of nitrogen functional groups attached to an aromatic ring is 1. The number of unbranched alkanes of at least 4 members (excludes halogenated alkanes) is 9. The van der Waals surface area contributed by atoms with Crippen molar-refractivity contribution in [2.45, 2.75) is 71.1 Å². The maximum atomic E-state index is 11.9. The highest BCUT2D eigenvalue weighted by Crippen LogP contribution is 2.29. The number of hydrogen-bond acceptors (Lipinski definition) is 7. The van der Waals surface area contributed by atoms with Gasteiger partial charge in [-0.3, -0.25) is 5.32 Å². The van der Waals surface area contributed by atoms with Crippen molar-refractivity contribution in [2.75, 3.05) is 17.7 Å². The molecule has 0 aliphatic rings. The van der Waals surface area contributed by atoms with Crippen LogP contribution in [0.25, 0.3) is 0 Å². The minimum atomic E-state index is -0.559. The number of hydrogen-bond donors (Lipinski definition) is 3. The number of ether oxygens (including phenoxy) is 1. The summed E-state index contributed by atoms with van der Waals surface area (Å²) in [6.07, 6.45) is 11.7. The van der Waals surface area contributed by atoms with E-state index in [0.717, 1.165) is 12.8 Å². The molecule has 0 saturated heterocycles. The number of rotatable bonds is 14. The fraction of sp³-hybridized carbons (Fsp3) is 0.500. The predicted octanol–water partition coefficient (Wildman–Crippen LogP) is 7.25. The van der Waals surface area contributed by atoms with Crippen molar-refractivity contribution in [2.24, 2.45) is 10.2 Å². The number of para-hydroxylation sites is 1. The Labute approximate surface area is 190 Å². The molecule has 0 radical (unpaired) electrons. The van der Waals surface area contributed by atoms with Crippen molar-refractivity contribution < 1.29 is 14.6 Å². The van der Waals surface area contributed by atoms with Crippen LogP contribution in [0.2, 0.25) is 0 Å². The van der Waals surface area contributed by atoms with E-state index in [0.29, 0.717) is 18.0 Å². The number of azo groups is 1. The number of amides is 1. The molecule has 8 nitrogen and oxygen atoms in total. The molecule has 32 heavy (non-hydrogen) atoms. The molecule has 0 aliphatic carbocycles. The lowest BCUT2D eigenvalue weighted by molar-refractivity contribution is 0.159. The number of phenols is 1. The van der Waals surface area contributed by atoms with Gasteiger partial charge in [0.1, 0.15) is 22.9 Å². The molecule has 174 valence electrons. The van der Waals surface area contributed by atoms with Crippen LogP contribution < -0.4 is 11.1 Å². The quantitative estimate of drug-likeness (QED) is 0.210. The van der Waals surface area contributed by atoms with Crippen molar-refractivity contribution in [3.05, 3.63) is 36.4 Å². The molecule has 2 rings (SSSR count). The average Bonchev–Trinajstić information content (AvgIpc) is 2.78. The number of nitrogens with zero attached hydrogens (tertiary/aromatic N) is 3. The number of phenolic OH excluding ortho intramolecular Hbond substituents is 1. The van der Waals surface area contributed by atoms with Gasteiger partial charge in [-0.05, 0) is 30.7 Å². The Balaban J connectivity index is 1.63. The van der Waals surface area contributed by atoms with Crippen molar-refractivity contribution in [3.63, 3.8) is 0 Å². The Morgan fingerprint density at radius 2 is 1.56 bits per heavy atom. The first kappa shape index (κ1) is 25.1. The monoisotopic (exact) mass is 441 g/mol. The van der Waals surface area contributed by atoms with Crippen LogP contribution in [0.4, 0.5) is 27.8 Å². The van der Waals surface area contributed by atoms with E-state index in [1.807, 2.05) is 0 Å².